The molecule has 1 aromatic rings. The normalized spacial score (nSPS) is 21.9. The molecule has 0 aromatic heterocycles. The molecule has 0 aliphatic carbocycles. The van der Waals surface area contributed by atoms with Crippen molar-refractivity contribution in [2.24, 2.45) is 11.1 Å². The number of hydrogen-bond acceptors (Lipinski definition) is 4. The van der Waals surface area contributed by atoms with Crippen molar-refractivity contribution in [3.63, 3.8) is 0 Å². The number of carbonyl (C=O) groups excluding carboxylic acids is 1. The van der Waals surface area contributed by atoms with Gasteiger partial charge in [0.2, 0.25) is 10.0 Å². The summed E-state index contributed by atoms with van der Waals surface area (Å²) in [6, 6.07) is 6.09. The zero-order valence-electron chi connectivity index (χ0n) is 14.1. The lowest BCUT2D eigenvalue weighted by Crippen LogP contribution is -2.53. The van der Waals surface area contributed by atoms with Crippen molar-refractivity contribution < 1.29 is 13.2 Å². The number of nitrogens with zero attached hydrogens (tertiary/aromatic N) is 2. The molecule has 0 saturated carbocycles. The monoisotopic (exact) mass is 339 g/mol. The third-order valence-corrected chi connectivity index (χ3v) is 6.28. The molecule has 1 aliphatic rings. The fourth-order valence-electron chi connectivity index (χ4n) is 2.71. The van der Waals surface area contributed by atoms with Crippen molar-refractivity contribution in [3.05, 3.63) is 29.8 Å². The lowest BCUT2D eigenvalue weighted by Gasteiger charge is -2.41. The van der Waals surface area contributed by atoms with E-state index in [-0.39, 0.29) is 22.3 Å². The first-order valence-corrected chi connectivity index (χ1v) is 9.07. The second-order valence-corrected chi connectivity index (χ2v) is 8.88. The van der Waals surface area contributed by atoms with Gasteiger partial charge < -0.3 is 10.6 Å². The largest absolute Gasteiger partial charge is 0.345 e. The van der Waals surface area contributed by atoms with Crippen molar-refractivity contribution in [1.29, 1.82) is 0 Å². The van der Waals surface area contributed by atoms with Gasteiger partial charge in [-0.1, -0.05) is 13.8 Å². The number of carbonyl (C=O) groups is 1. The molecular weight excluding hydrogens is 314 g/mol. The van der Waals surface area contributed by atoms with Crippen LogP contribution in [-0.2, 0) is 10.0 Å². The maximum absolute atomic E-state index is 12.8. The van der Waals surface area contributed by atoms with Crippen LogP contribution in [0.2, 0.25) is 0 Å². The second-order valence-electron chi connectivity index (χ2n) is 6.95. The number of piperidine rings is 1. The van der Waals surface area contributed by atoms with Crippen LogP contribution in [0.25, 0.3) is 0 Å². The van der Waals surface area contributed by atoms with Gasteiger partial charge in [0.1, 0.15) is 0 Å². The predicted molar refractivity (Wildman–Crippen MR) is 89.6 cm³/mol. The highest BCUT2D eigenvalue weighted by Gasteiger charge is 2.38. The van der Waals surface area contributed by atoms with Crippen LogP contribution in [0, 0.1) is 5.41 Å². The molecule has 0 bridgehead atoms. The molecule has 1 amide bonds. The first-order valence-electron chi connectivity index (χ1n) is 7.63. The third-order valence-electron chi connectivity index (χ3n) is 4.42. The van der Waals surface area contributed by atoms with Crippen LogP contribution in [0.1, 0.15) is 30.6 Å². The Labute approximate surface area is 138 Å². The standard InChI is InChI=1S/C16H25N3O3S/c1-16(2)11-19(10-9-14(16)17)23(21,22)13-7-5-12(6-8-13)15(20)18(3)4/h5-8,14H,9-11,17H2,1-4H3. The van der Waals surface area contributed by atoms with Crippen LogP contribution in [0.4, 0.5) is 0 Å². The quantitative estimate of drug-likeness (QED) is 0.895. The lowest BCUT2D eigenvalue weighted by molar-refractivity contribution is 0.0827. The smallest absolute Gasteiger partial charge is 0.253 e. The SMILES string of the molecule is CN(C)C(=O)c1ccc(S(=O)(=O)N2CCC(N)C(C)(C)C2)cc1. The predicted octanol–water partition coefficient (Wildman–Crippen LogP) is 1.14. The molecule has 128 valence electrons. The zero-order valence-corrected chi connectivity index (χ0v) is 14.9. The van der Waals surface area contributed by atoms with Crippen LogP contribution in [-0.4, -0.2) is 56.8 Å². The Morgan fingerprint density at radius 3 is 2.30 bits per heavy atom. The number of benzene rings is 1. The van der Waals surface area contributed by atoms with E-state index in [1.165, 1.54) is 21.3 Å². The summed E-state index contributed by atoms with van der Waals surface area (Å²) in [5.74, 6) is -0.154. The summed E-state index contributed by atoms with van der Waals surface area (Å²) in [5, 5.41) is 0. The van der Waals surface area contributed by atoms with Gasteiger partial charge in [-0.15, -0.1) is 0 Å². The fraction of sp³-hybridized carbons (Fsp3) is 0.562. The van der Waals surface area contributed by atoms with Gasteiger partial charge in [-0.05, 0) is 36.1 Å². The Bertz CT molecular complexity index is 681. The molecule has 1 unspecified atom stereocenters. The summed E-state index contributed by atoms with van der Waals surface area (Å²) in [7, 11) is -0.249. The van der Waals surface area contributed by atoms with Crippen LogP contribution in [0.3, 0.4) is 0 Å². The van der Waals surface area contributed by atoms with Crippen LogP contribution in [0.15, 0.2) is 29.2 Å². The maximum atomic E-state index is 12.8. The lowest BCUT2D eigenvalue weighted by atomic mass is 9.81. The fourth-order valence-corrected chi connectivity index (χ4v) is 4.33. The maximum Gasteiger partial charge on any atom is 0.253 e. The Hall–Kier alpha value is -1.44. The molecule has 1 atom stereocenters. The van der Waals surface area contributed by atoms with E-state index in [9.17, 15) is 13.2 Å². The Morgan fingerprint density at radius 2 is 1.83 bits per heavy atom. The van der Waals surface area contributed by atoms with Crippen molar-refractivity contribution in [3.8, 4) is 0 Å². The van der Waals surface area contributed by atoms with Gasteiger partial charge in [0.15, 0.2) is 0 Å². The second kappa shape index (κ2) is 6.22. The third kappa shape index (κ3) is 3.57. The highest BCUT2D eigenvalue weighted by atomic mass is 32.2. The van der Waals surface area contributed by atoms with Gasteiger partial charge in [0, 0.05) is 38.8 Å². The highest BCUT2D eigenvalue weighted by molar-refractivity contribution is 7.89. The van der Waals surface area contributed by atoms with Crippen LogP contribution in [0.5, 0.6) is 0 Å². The molecule has 23 heavy (non-hydrogen) atoms. The van der Waals surface area contributed by atoms with E-state index in [1.807, 2.05) is 13.8 Å². The molecule has 1 aromatic carbocycles. The van der Waals surface area contributed by atoms with E-state index in [4.69, 9.17) is 5.73 Å². The van der Waals surface area contributed by atoms with Gasteiger partial charge in [-0.2, -0.15) is 4.31 Å². The molecule has 1 saturated heterocycles. The average molecular weight is 339 g/mol. The van der Waals surface area contributed by atoms with Crippen LogP contribution < -0.4 is 5.73 Å². The molecule has 2 rings (SSSR count). The van der Waals surface area contributed by atoms with Crippen molar-refractivity contribution >= 4 is 15.9 Å². The molecular formula is C16H25N3O3S. The molecule has 2 N–H and O–H groups in total. The van der Waals surface area contributed by atoms with E-state index < -0.39 is 10.0 Å². The number of hydrogen-bond donors (Lipinski definition) is 1. The first-order chi connectivity index (χ1) is 10.6. The van der Waals surface area contributed by atoms with Crippen molar-refractivity contribution in [2.75, 3.05) is 27.2 Å². The van der Waals surface area contributed by atoms with E-state index in [0.29, 0.717) is 25.1 Å². The van der Waals surface area contributed by atoms with Crippen molar-refractivity contribution in [1.82, 2.24) is 9.21 Å². The van der Waals surface area contributed by atoms with E-state index in [1.54, 1.807) is 26.2 Å². The summed E-state index contributed by atoms with van der Waals surface area (Å²) in [6.45, 7) is 4.79. The molecule has 1 heterocycles. The summed E-state index contributed by atoms with van der Waals surface area (Å²) < 4.78 is 27.1. The van der Waals surface area contributed by atoms with Gasteiger partial charge in [0.05, 0.1) is 4.90 Å². The van der Waals surface area contributed by atoms with Gasteiger partial charge in [-0.25, -0.2) is 8.42 Å². The van der Waals surface area contributed by atoms with E-state index >= 15 is 0 Å². The molecule has 1 fully saturated rings. The first kappa shape index (κ1) is 17.9. The Morgan fingerprint density at radius 1 is 1.26 bits per heavy atom. The summed E-state index contributed by atoms with van der Waals surface area (Å²) in [6.07, 6.45) is 0.642. The molecule has 6 nitrogen and oxygen atoms in total. The summed E-state index contributed by atoms with van der Waals surface area (Å²) >= 11 is 0. The van der Waals surface area contributed by atoms with E-state index in [0.717, 1.165) is 0 Å². The summed E-state index contributed by atoms with van der Waals surface area (Å²) in [4.78, 5) is 13.5. The van der Waals surface area contributed by atoms with Crippen LogP contribution >= 0.6 is 0 Å². The molecule has 0 radical (unpaired) electrons. The van der Waals surface area contributed by atoms with Gasteiger partial charge >= 0.3 is 0 Å². The zero-order chi connectivity index (χ0) is 17.4. The molecule has 7 heteroatoms. The Kier molecular flexibility index (Phi) is 4.84. The average Bonchev–Trinajstić information content (AvgIpc) is 2.49. The number of sulfonamides is 1. The van der Waals surface area contributed by atoms with Crippen molar-refractivity contribution in [2.45, 2.75) is 31.2 Å². The van der Waals surface area contributed by atoms with E-state index in [2.05, 4.69) is 0 Å². The molecule has 0 spiro atoms. The van der Waals surface area contributed by atoms with Gasteiger partial charge in [0.25, 0.3) is 5.91 Å². The summed E-state index contributed by atoms with van der Waals surface area (Å²) in [5.41, 5.74) is 6.28. The minimum absolute atomic E-state index is 0.00552. The minimum atomic E-state index is -3.57. The molecule has 1 aliphatic heterocycles. The topological polar surface area (TPSA) is 83.7 Å². The number of amides is 1. The number of nitrogens with two attached hydrogens (primary N) is 1. The van der Waals surface area contributed by atoms with Gasteiger partial charge in [-0.3, -0.25) is 4.79 Å². The highest BCUT2D eigenvalue weighted by Crippen LogP contribution is 2.31. The number of rotatable bonds is 3. The Balaban J connectivity index is 2.25. The minimum Gasteiger partial charge on any atom is -0.345 e.